The molecule has 0 aromatic rings. The number of nitrogens with one attached hydrogen (secondary N) is 1. The van der Waals surface area contributed by atoms with Crippen LogP contribution in [-0.4, -0.2) is 37.2 Å². The largest absolute Gasteiger partial charge is 0.462 e. The zero-order chi connectivity index (χ0) is 40.3. The summed E-state index contributed by atoms with van der Waals surface area (Å²) in [6.45, 7) is 9.03. The highest BCUT2D eigenvalue weighted by Crippen LogP contribution is 2.20. The maximum atomic E-state index is 12.7. The van der Waals surface area contributed by atoms with Gasteiger partial charge in [-0.05, 0) is 84.1 Å². The SMILES string of the molecule is CCCCCCCCCCC(CCCCCC)OC(=O)CCCCCCCCC(CCCCCCCCC(=O)OC(CCCCCC)CCCCCC)NC. The molecule has 0 aliphatic heterocycles. The van der Waals surface area contributed by atoms with Crippen LogP contribution in [0.2, 0.25) is 0 Å². The molecule has 0 rings (SSSR count). The van der Waals surface area contributed by atoms with E-state index in [0.717, 1.165) is 51.4 Å². The van der Waals surface area contributed by atoms with Crippen molar-refractivity contribution in [3.63, 3.8) is 0 Å². The third-order valence-corrected chi connectivity index (χ3v) is 11.9. The van der Waals surface area contributed by atoms with Gasteiger partial charge in [0.15, 0.2) is 0 Å². The molecule has 0 radical (unpaired) electrons. The predicted molar refractivity (Wildman–Crippen MR) is 240 cm³/mol. The van der Waals surface area contributed by atoms with E-state index >= 15 is 0 Å². The Hall–Kier alpha value is -1.10. The van der Waals surface area contributed by atoms with Crippen molar-refractivity contribution in [2.45, 2.75) is 303 Å². The molecule has 2 unspecified atom stereocenters. The van der Waals surface area contributed by atoms with Crippen molar-refractivity contribution >= 4 is 11.9 Å². The smallest absolute Gasteiger partial charge is 0.306 e. The Balaban J connectivity index is 3.96. The summed E-state index contributed by atoms with van der Waals surface area (Å²) in [5.74, 6) is 0.0794. The Bertz CT molecular complexity index is 776. The van der Waals surface area contributed by atoms with Crippen molar-refractivity contribution in [2.75, 3.05) is 7.05 Å². The summed E-state index contributed by atoms with van der Waals surface area (Å²) in [7, 11) is 2.12. The molecule has 0 fully saturated rings. The average molecular weight is 778 g/mol. The molecule has 5 heteroatoms. The lowest BCUT2D eigenvalue weighted by Gasteiger charge is -2.18. The highest BCUT2D eigenvalue weighted by atomic mass is 16.5. The van der Waals surface area contributed by atoms with E-state index in [9.17, 15) is 9.59 Å². The van der Waals surface area contributed by atoms with Crippen LogP contribution in [0.1, 0.15) is 285 Å². The molecule has 5 nitrogen and oxygen atoms in total. The molecule has 0 amide bonds. The van der Waals surface area contributed by atoms with Gasteiger partial charge in [0, 0.05) is 18.9 Å². The fourth-order valence-corrected chi connectivity index (χ4v) is 8.08. The van der Waals surface area contributed by atoms with Gasteiger partial charge < -0.3 is 14.8 Å². The normalized spacial score (nSPS) is 12.7. The van der Waals surface area contributed by atoms with E-state index in [-0.39, 0.29) is 24.1 Å². The van der Waals surface area contributed by atoms with E-state index < -0.39 is 0 Å². The molecule has 0 bridgehead atoms. The van der Waals surface area contributed by atoms with Gasteiger partial charge in [-0.3, -0.25) is 9.59 Å². The summed E-state index contributed by atoms with van der Waals surface area (Å²) in [6, 6.07) is 0.627. The monoisotopic (exact) mass is 778 g/mol. The van der Waals surface area contributed by atoms with Gasteiger partial charge in [-0.2, -0.15) is 0 Å². The number of esters is 2. The first kappa shape index (κ1) is 53.9. The molecular formula is C50H99NO4. The van der Waals surface area contributed by atoms with Gasteiger partial charge in [0.25, 0.3) is 0 Å². The van der Waals surface area contributed by atoms with Crippen LogP contribution in [0.5, 0.6) is 0 Å². The van der Waals surface area contributed by atoms with E-state index in [1.54, 1.807) is 0 Å². The van der Waals surface area contributed by atoms with E-state index in [2.05, 4.69) is 40.1 Å². The Morgan fingerprint density at radius 2 is 0.582 bits per heavy atom. The van der Waals surface area contributed by atoms with Crippen molar-refractivity contribution in [1.29, 1.82) is 0 Å². The highest BCUT2D eigenvalue weighted by Gasteiger charge is 2.16. The first-order valence-electron chi connectivity index (χ1n) is 25.1. The van der Waals surface area contributed by atoms with Crippen molar-refractivity contribution < 1.29 is 19.1 Å². The van der Waals surface area contributed by atoms with Gasteiger partial charge >= 0.3 is 11.9 Å². The van der Waals surface area contributed by atoms with Crippen molar-refractivity contribution in [3.05, 3.63) is 0 Å². The van der Waals surface area contributed by atoms with Crippen LogP contribution in [0.25, 0.3) is 0 Å². The summed E-state index contributed by atoms with van der Waals surface area (Å²) >= 11 is 0. The minimum atomic E-state index is 0.0360. The molecule has 0 aromatic carbocycles. The van der Waals surface area contributed by atoms with Crippen LogP contribution in [-0.2, 0) is 19.1 Å². The summed E-state index contributed by atoms with van der Waals surface area (Å²) < 4.78 is 12.0. The fraction of sp³-hybridized carbons (Fsp3) is 0.960. The second-order valence-electron chi connectivity index (χ2n) is 17.3. The van der Waals surface area contributed by atoms with E-state index in [0.29, 0.717) is 18.9 Å². The molecule has 2 atom stereocenters. The lowest BCUT2D eigenvalue weighted by Crippen LogP contribution is -2.24. The minimum absolute atomic E-state index is 0.0360. The molecule has 1 N–H and O–H groups in total. The Morgan fingerprint density at radius 3 is 0.873 bits per heavy atom. The van der Waals surface area contributed by atoms with Gasteiger partial charge in [0.05, 0.1) is 0 Å². The summed E-state index contributed by atoms with van der Waals surface area (Å²) in [5.41, 5.74) is 0. The standard InChI is InChI=1S/C50H99NO4/c1-6-10-14-18-19-20-27-35-43-48(42-34-17-13-9-4)55-50(53)45-37-29-24-22-26-31-39-46(51-5)38-30-25-21-23-28-36-44-49(52)54-47(40-32-15-11-7-2)41-33-16-12-8-3/h46-48,51H,6-45H2,1-5H3. The zero-order valence-electron chi connectivity index (χ0n) is 38.1. The molecule has 0 aromatic heterocycles. The van der Waals surface area contributed by atoms with Crippen LogP contribution < -0.4 is 5.32 Å². The number of rotatable bonds is 45. The predicted octanol–water partition coefficient (Wildman–Crippen LogP) is 16.1. The molecule has 0 aliphatic rings. The van der Waals surface area contributed by atoms with Crippen LogP contribution in [0, 0.1) is 0 Å². The number of carbonyl (C=O) groups excluding carboxylic acids is 2. The second-order valence-corrected chi connectivity index (χ2v) is 17.3. The highest BCUT2D eigenvalue weighted by molar-refractivity contribution is 5.69. The summed E-state index contributed by atoms with van der Waals surface area (Å²) in [4.78, 5) is 25.3. The second kappa shape index (κ2) is 44.0. The van der Waals surface area contributed by atoms with Crippen LogP contribution in [0.3, 0.4) is 0 Å². The maximum Gasteiger partial charge on any atom is 0.306 e. The number of hydrogen-bond donors (Lipinski definition) is 1. The first-order valence-corrected chi connectivity index (χ1v) is 25.1. The summed E-state index contributed by atoms with van der Waals surface area (Å²) in [5, 5.41) is 3.56. The van der Waals surface area contributed by atoms with E-state index in [1.165, 1.54) is 193 Å². The lowest BCUT2D eigenvalue weighted by molar-refractivity contribution is -0.151. The maximum absolute atomic E-state index is 12.7. The first-order chi connectivity index (χ1) is 27.0. The van der Waals surface area contributed by atoms with E-state index in [1.807, 2.05) is 0 Å². The topological polar surface area (TPSA) is 64.6 Å². The summed E-state index contributed by atoms with van der Waals surface area (Å²) in [6.07, 6.45) is 48.2. The minimum Gasteiger partial charge on any atom is -0.462 e. The van der Waals surface area contributed by atoms with Crippen LogP contribution in [0.4, 0.5) is 0 Å². The van der Waals surface area contributed by atoms with Gasteiger partial charge in [-0.15, -0.1) is 0 Å². The molecular weight excluding hydrogens is 679 g/mol. The lowest BCUT2D eigenvalue weighted by atomic mass is 10.00. The fourth-order valence-electron chi connectivity index (χ4n) is 8.08. The third kappa shape index (κ3) is 39.5. The number of ether oxygens (including phenoxy) is 2. The quantitative estimate of drug-likeness (QED) is 0.0493. The number of hydrogen-bond acceptors (Lipinski definition) is 5. The van der Waals surface area contributed by atoms with E-state index in [4.69, 9.17) is 9.47 Å². The molecule has 0 aliphatic carbocycles. The van der Waals surface area contributed by atoms with Crippen LogP contribution >= 0.6 is 0 Å². The Morgan fingerprint density at radius 1 is 0.345 bits per heavy atom. The number of unbranched alkanes of at least 4 members (excludes halogenated alkanes) is 26. The van der Waals surface area contributed by atoms with Gasteiger partial charge in [-0.1, -0.05) is 195 Å². The van der Waals surface area contributed by atoms with Crippen molar-refractivity contribution in [1.82, 2.24) is 5.32 Å². The average Bonchev–Trinajstić information content (AvgIpc) is 3.18. The van der Waals surface area contributed by atoms with Gasteiger partial charge in [0.2, 0.25) is 0 Å². The Kier molecular flexibility index (Phi) is 43.1. The Labute approximate surface area is 345 Å². The molecule has 0 spiro atoms. The number of carbonyl (C=O) groups is 2. The molecule has 328 valence electrons. The zero-order valence-corrected chi connectivity index (χ0v) is 38.1. The van der Waals surface area contributed by atoms with Crippen LogP contribution in [0.15, 0.2) is 0 Å². The molecule has 0 saturated carbocycles. The molecule has 0 heterocycles. The van der Waals surface area contributed by atoms with Gasteiger partial charge in [0.1, 0.15) is 12.2 Å². The van der Waals surface area contributed by atoms with Gasteiger partial charge in [-0.25, -0.2) is 0 Å². The van der Waals surface area contributed by atoms with Crippen molar-refractivity contribution in [3.8, 4) is 0 Å². The molecule has 0 saturated heterocycles. The van der Waals surface area contributed by atoms with Crippen molar-refractivity contribution in [2.24, 2.45) is 0 Å². The molecule has 55 heavy (non-hydrogen) atoms. The third-order valence-electron chi connectivity index (χ3n) is 11.9.